The Morgan fingerprint density at radius 1 is 1.20 bits per heavy atom. The second kappa shape index (κ2) is 7.89. The quantitative estimate of drug-likeness (QED) is 0.912. The summed E-state index contributed by atoms with van der Waals surface area (Å²) < 4.78 is 5.62. The zero-order valence-electron chi connectivity index (χ0n) is 16.0. The molecular formula is C20H30N2O3. The molecule has 0 bridgehead atoms. The summed E-state index contributed by atoms with van der Waals surface area (Å²) in [6.07, 6.45) is 1.58. The van der Waals surface area contributed by atoms with Crippen molar-refractivity contribution in [2.45, 2.75) is 53.5 Å². The first-order chi connectivity index (χ1) is 11.7. The third-order valence-electron chi connectivity index (χ3n) is 4.48. The molecule has 0 aliphatic carbocycles. The number of rotatable bonds is 4. The molecule has 5 heteroatoms. The van der Waals surface area contributed by atoms with Gasteiger partial charge in [-0.25, -0.2) is 0 Å². The van der Waals surface area contributed by atoms with Crippen LogP contribution >= 0.6 is 0 Å². The van der Waals surface area contributed by atoms with Gasteiger partial charge in [0.05, 0.1) is 0 Å². The van der Waals surface area contributed by atoms with E-state index in [4.69, 9.17) is 4.74 Å². The molecule has 0 aromatic heterocycles. The number of amides is 2. The predicted octanol–water partition coefficient (Wildman–Crippen LogP) is 2.84. The summed E-state index contributed by atoms with van der Waals surface area (Å²) in [7, 11) is 0. The van der Waals surface area contributed by atoms with Crippen molar-refractivity contribution in [1.29, 1.82) is 0 Å². The van der Waals surface area contributed by atoms with Crippen molar-refractivity contribution in [3.63, 3.8) is 0 Å². The molecule has 1 aromatic rings. The van der Waals surface area contributed by atoms with E-state index in [1.54, 1.807) is 0 Å². The van der Waals surface area contributed by atoms with Crippen LogP contribution in [0.3, 0.4) is 0 Å². The zero-order valence-corrected chi connectivity index (χ0v) is 16.0. The van der Waals surface area contributed by atoms with E-state index in [0.717, 1.165) is 24.2 Å². The van der Waals surface area contributed by atoms with Gasteiger partial charge in [-0.3, -0.25) is 9.59 Å². The number of hydrogen-bond acceptors (Lipinski definition) is 3. The van der Waals surface area contributed by atoms with Gasteiger partial charge in [0.25, 0.3) is 5.91 Å². The van der Waals surface area contributed by atoms with E-state index in [2.05, 4.69) is 5.32 Å². The first-order valence-corrected chi connectivity index (χ1v) is 8.95. The molecule has 1 saturated heterocycles. The van der Waals surface area contributed by atoms with Crippen molar-refractivity contribution in [3.05, 3.63) is 29.3 Å². The lowest BCUT2D eigenvalue weighted by molar-refractivity contribution is -0.140. The third-order valence-corrected chi connectivity index (χ3v) is 4.48. The lowest BCUT2D eigenvalue weighted by atomic mass is 9.93. The lowest BCUT2D eigenvalue weighted by Crippen LogP contribution is -2.49. The van der Waals surface area contributed by atoms with E-state index in [-0.39, 0.29) is 29.9 Å². The van der Waals surface area contributed by atoms with Crippen molar-refractivity contribution in [2.24, 2.45) is 5.41 Å². The minimum absolute atomic E-state index is 0.0189. The first kappa shape index (κ1) is 19.3. The fourth-order valence-corrected chi connectivity index (χ4v) is 3.08. The third kappa shape index (κ3) is 5.48. The number of hydrogen-bond donors (Lipinski definition) is 1. The Kier molecular flexibility index (Phi) is 6.09. The van der Waals surface area contributed by atoms with Crippen LogP contribution < -0.4 is 10.1 Å². The Morgan fingerprint density at radius 3 is 2.40 bits per heavy atom. The summed E-state index contributed by atoms with van der Waals surface area (Å²) in [6, 6.07) is 6.02. The molecule has 1 fully saturated rings. The van der Waals surface area contributed by atoms with Crippen LogP contribution in [0.5, 0.6) is 5.75 Å². The normalized spacial score (nSPS) is 15.8. The van der Waals surface area contributed by atoms with Gasteiger partial charge in [-0.1, -0.05) is 38.5 Å². The lowest BCUT2D eigenvalue weighted by Gasteiger charge is -2.36. The van der Waals surface area contributed by atoms with Crippen LogP contribution in [0.15, 0.2) is 18.2 Å². The van der Waals surface area contributed by atoms with Crippen LogP contribution in [0.25, 0.3) is 0 Å². The number of nitrogens with zero attached hydrogens (tertiary/aromatic N) is 1. The molecule has 0 atom stereocenters. The summed E-state index contributed by atoms with van der Waals surface area (Å²) in [6.45, 7) is 11.2. The summed E-state index contributed by atoms with van der Waals surface area (Å²) in [5.74, 6) is 0.808. The fraction of sp³-hybridized carbons (Fsp3) is 0.600. The van der Waals surface area contributed by atoms with Crippen LogP contribution in [0.4, 0.5) is 0 Å². The van der Waals surface area contributed by atoms with Crippen LogP contribution in [-0.2, 0) is 9.59 Å². The summed E-state index contributed by atoms with van der Waals surface area (Å²) in [4.78, 5) is 26.3. The number of likely N-dealkylation sites (tertiary alicyclic amines) is 1. The molecule has 1 aliphatic heterocycles. The molecule has 5 nitrogen and oxygen atoms in total. The van der Waals surface area contributed by atoms with Gasteiger partial charge in [0.15, 0.2) is 6.61 Å². The average Bonchev–Trinajstić information content (AvgIpc) is 2.53. The molecule has 1 aliphatic rings. The van der Waals surface area contributed by atoms with E-state index in [1.807, 2.05) is 57.7 Å². The number of piperidine rings is 1. The highest BCUT2D eigenvalue weighted by Gasteiger charge is 2.30. The molecule has 0 saturated carbocycles. The van der Waals surface area contributed by atoms with Gasteiger partial charge in [0, 0.05) is 24.5 Å². The highest BCUT2D eigenvalue weighted by Crippen LogP contribution is 2.21. The van der Waals surface area contributed by atoms with E-state index in [1.165, 1.54) is 5.56 Å². The Labute approximate surface area is 150 Å². The van der Waals surface area contributed by atoms with Crippen molar-refractivity contribution in [1.82, 2.24) is 10.2 Å². The average molecular weight is 346 g/mol. The van der Waals surface area contributed by atoms with Crippen LogP contribution in [0.1, 0.15) is 44.7 Å². The maximum Gasteiger partial charge on any atom is 0.258 e. The molecule has 1 heterocycles. The molecule has 2 rings (SSSR count). The van der Waals surface area contributed by atoms with Crippen molar-refractivity contribution < 1.29 is 14.3 Å². The zero-order chi connectivity index (χ0) is 18.6. The molecule has 0 spiro atoms. The number of benzene rings is 1. The second-order valence-electron chi connectivity index (χ2n) is 7.94. The minimum Gasteiger partial charge on any atom is -0.484 e. The van der Waals surface area contributed by atoms with Crippen molar-refractivity contribution in [3.8, 4) is 5.75 Å². The van der Waals surface area contributed by atoms with E-state index in [9.17, 15) is 9.59 Å². The number of carbonyl (C=O) groups is 2. The Bertz CT molecular complexity index is 626. The molecule has 0 unspecified atom stereocenters. The molecule has 138 valence electrons. The van der Waals surface area contributed by atoms with Gasteiger partial charge in [-0.2, -0.15) is 0 Å². The standard InChI is InChI=1S/C20H30N2O3/c1-14-6-7-17(15(2)12-14)25-13-18(23)21-16-8-10-22(11-9-16)19(24)20(3,4)5/h6-7,12,16H,8-11,13H2,1-5H3,(H,21,23). The molecular weight excluding hydrogens is 316 g/mol. The number of aryl methyl sites for hydroxylation is 2. The van der Waals surface area contributed by atoms with Gasteiger partial charge in [-0.05, 0) is 38.3 Å². The Morgan fingerprint density at radius 2 is 1.84 bits per heavy atom. The topological polar surface area (TPSA) is 58.6 Å². The summed E-state index contributed by atoms with van der Waals surface area (Å²) >= 11 is 0. The number of nitrogens with one attached hydrogen (secondary N) is 1. The molecule has 1 aromatic carbocycles. The highest BCUT2D eigenvalue weighted by molar-refractivity contribution is 5.81. The monoisotopic (exact) mass is 346 g/mol. The molecule has 2 amide bonds. The van der Waals surface area contributed by atoms with E-state index in [0.29, 0.717) is 13.1 Å². The summed E-state index contributed by atoms with van der Waals surface area (Å²) in [5.41, 5.74) is 1.85. The highest BCUT2D eigenvalue weighted by atomic mass is 16.5. The van der Waals surface area contributed by atoms with Crippen molar-refractivity contribution in [2.75, 3.05) is 19.7 Å². The van der Waals surface area contributed by atoms with Crippen molar-refractivity contribution >= 4 is 11.8 Å². The van der Waals surface area contributed by atoms with Gasteiger partial charge in [0.1, 0.15) is 5.75 Å². The van der Waals surface area contributed by atoms with Crippen LogP contribution in [0, 0.1) is 19.3 Å². The van der Waals surface area contributed by atoms with E-state index < -0.39 is 0 Å². The SMILES string of the molecule is Cc1ccc(OCC(=O)NC2CCN(C(=O)C(C)(C)C)CC2)c(C)c1. The smallest absolute Gasteiger partial charge is 0.258 e. The second-order valence-corrected chi connectivity index (χ2v) is 7.94. The van der Waals surface area contributed by atoms with Crippen LogP contribution in [-0.4, -0.2) is 42.5 Å². The number of carbonyl (C=O) groups excluding carboxylic acids is 2. The van der Waals surface area contributed by atoms with Crippen LogP contribution in [0.2, 0.25) is 0 Å². The largest absolute Gasteiger partial charge is 0.484 e. The fourth-order valence-electron chi connectivity index (χ4n) is 3.08. The molecule has 25 heavy (non-hydrogen) atoms. The van der Waals surface area contributed by atoms with Gasteiger partial charge in [-0.15, -0.1) is 0 Å². The number of ether oxygens (including phenoxy) is 1. The summed E-state index contributed by atoms with van der Waals surface area (Å²) in [5, 5.41) is 3.02. The maximum absolute atomic E-state index is 12.3. The van der Waals surface area contributed by atoms with E-state index >= 15 is 0 Å². The van der Waals surface area contributed by atoms with Gasteiger partial charge < -0.3 is 15.0 Å². The maximum atomic E-state index is 12.3. The molecule has 1 N–H and O–H groups in total. The Hall–Kier alpha value is -2.04. The Balaban J connectivity index is 1.76. The van der Waals surface area contributed by atoms with Gasteiger partial charge in [0.2, 0.25) is 5.91 Å². The minimum atomic E-state index is -0.351. The first-order valence-electron chi connectivity index (χ1n) is 8.95. The van der Waals surface area contributed by atoms with Gasteiger partial charge >= 0.3 is 0 Å². The molecule has 0 radical (unpaired) electrons. The predicted molar refractivity (Wildman–Crippen MR) is 98.6 cm³/mol.